The fourth-order valence-corrected chi connectivity index (χ4v) is 3.85. The zero-order valence-corrected chi connectivity index (χ0v) is 16.8. The van der Waals surface area contributed by atoms with Crippen LogP contribution in [0.5, 0.6) is 0 Å². The van der Waals surface area contributed by atoms with Gasteiger partial charge in [0.05, 0.1) is 5.75 Å². The van der Waals surface area contributed by atoms with Crippen molar-refractivity contribution in [3.8, 4) is 0 Å². The fourth-order valence-electron chi connectivity index (χ4n) is 2.81. The van der Waals surface area contributed by atoms with Crippen LogP contribution < -0.4 is 10.0 Å². The molecule has 3 aromatic rings. The molecular weight excluding hydrogens is 372 g/mol. The van der Waals surface area contributed by atoms with Crippen molar-refractivity contribution in [3.05, 3.63) is 77.9 Å². The van der Waals surface area contributed by atoms with Gasteiger partial charge >= 0.3 is 0 Å². The molecule has 146 valence electrons. The number of aryl methyl sites for hydroxylation is 1. The van der Waals surface area contributed by atoms with Gasteiger partial charge in [0.15, 0.2) is 11.6 Å². The molecule has 0 saturated carbocycles. The van der Waals surface area contributed by atoms with Crippen LogP contribution in [-0.2, 0) is 16.4 Å². The zero-order chi connectivity index (χ0) is 20.0. The van der Waals surface area contributed by atoms with Gasteiger partial charge in [0, 0.05) is 5.69 Å². The first-order chi connectivity index (χ1) is 13.4. The van der Waals surface area contributed by atoms with E-state index < -0.39 is 10.0 Å². The first-order valence-electron chi connectivity index (χ1n) is 9.17. The molecule has 0 radical (unpaired) electrons. The molecule has 0 amide bonds. The molecule has 0 aliphatic heterocycles. The van der Waals surface area contributed by atoms with Gasteiger partial charge in [-0.3, -0.25) is 4.72 Å². The van der Waals surface area contributed by atoms with E-state index in [4.69, 9.17) is 0 Å². The third kappa shape index (κ3) is 5.53. The van der Waals surface area contributed by atoms with E-state index >= 15 is 0 Å². The monoisotopic (exact) mass is 396 g/mol. The number of sulfonamides is 1. The molecule has 2 aromatic carbocycles. The Morgan fingerprint density at radius 2 is 1.50 bits per heavy atom. The third-order valence-electron chi connectivity index (χ3n) is 4.27. The minimum atomic E-state index is -3.50. The van der Waals surface area contributed by atoms with E-state index in [1.54, 1.807) is 12.1 Å². The van der Waals surface area contributed by atoms with E-state index in [2.05, 4.69) is 40.2 Å². The molecular formula is C21H24N4O2S. The topological polar surface area (TPSA) is 84.0 Å². The fraction of sp³-hybridized carbons (Fsp3) is 0.238. The maximum atomic E-state index is 12.3. The Labute approximate surface area is 166 Å². The number of hydrogen-bond acceptors (Lipinski definition) is 5. The summed E-state index contributed by atoms with van der Waals surface area (Å²) in [6.45, 7) is 4.25. The van der Waals surface area contributed by atoms with Gasteiger partial charge in [0.25, 0.3) is 0 Å². The summed E-state index contributed by atoms with van der Waals surface area (Å²) in [6, 6.07) is 20.8. The summed E-state index contributed by atoms with van der Waals surface area (Å²) in [7, 11) is -3.50. The highest BCUT2D eigenvalue weighted by atomic mass is 32.2. The summed E-state index contributed by atoms with van der Waals surface area (Å²) < 4.78 is 27.0. The smallest absolute Gasteiger partial charge is 0.234 e. The molecule has 7 heteroatoms. The molecule has 28 heavy (non-hydrogen) atoms. The maximum absolute atomic E-state index is 12.3. The summed E-state index contributed by atoms with van der Waals surface area (Å²) in [6.07, 6.45) is 0.440. The van der Waals surface area contributed by atoms with Gasteiger partial charge in [0.2, 0.25) is 10.0 Å². The molecule has 1 aromatic heterocycles. The van der Waals surface area contributed by atoms with Crippen molar-refractivity contribution in [1.29, 1.82) is 0 Å². The van der Waals surface area contributed by atoms with E-state index in [0.717, 1.165) is 11.3 Å². The van der Waals surface area contributed by atoms with Gasteiger partial charge in [-0.1, -0.05) is 62.4 Å². The summed E-state index contributed by atoms with van der Waals surface area (Å²) in [5, 5.41) is 11.3. The van der Waals surface area contributed by atoms with E-state index in [1.807, 2.05) is 48.5 Å². The van der Waals surface area contributed by atoms with Crippen molar-refractivity contribution in [1.82, 2.24) is 10.2 Å². The molecule has 2 N–H and O–H groups in total. The van der Waals surface area contributed by atoms with Crippen LogP contribution in [0.4, 0.5) is 17.3 Å². The van der Waals surface area contributed by atoms with Gasteiger partial charge in [-0.2, -0.15) is 0 Å². The lowest BCUT2D eigenvalue weighted by atomic mass is 10.0. The minimum Gasteiger partial charge on any atom is -0.338 e. The molecule has 0 aliphatic rings. The second-order valence-corrected chi connectivity index (χ2v) is 8.67. The Balaban J connectivity index is 1.63. The molecule has 0 saturated heterocycles. The van der Waals surface area contributed by atoms with E-state index in [-0.39, 0.29) is 11.6 Å². The Morgan fingerprint density at radius 1 is 0.857 bits per heavy atom. The number of nitrogens with zero attached hydrogens (tertiary/aromatic N) is 2. The standard InChI is InChI=1S/C21H24N4O2S/c1-16(2)18-10-6-7-11-19(18)22-20-12-13-21(24-23-20)25-28(26,27)15-14-17-8-4-3-5-9-17/h3-13,16H,14-15H2,1-2H3,(H,22,23)(H,24,25). The lowest BCUT2D eigenvalue weighted by Gasteiger charge is -2.14. The van der Waals surface area contributed by atoms with Crippen molar-refractivity contribution in [2.45, 2.75) is 26.2 Å². The van der Waals surface area contributed by atoms with E-state index in [0.29, 0.717) is 18.2 Å². The van der Waals surface area contributed by atoms with Crippen LogP contribution in [0.2, 0.25) is 0 Å². The molecule has 3 rings (SSSR count). The normalized spacial score (nSPS) is 11.4. The van der Waals surface area contributed by atoms with Crippen molar-refractivity contribution in [2.24, 2.45) is 0 Å². The highest BCUT2D eigenvalue weighted by Crippen LogP contribution is 2.26. The molecule has 6 nitrogen and oxygen atoms in total. The molecule has 1 heterocycles. The maximum Gasteiger partial charge on any atom is 0.234 e. The molecule has 0 unspecified atom stereocenters. The van der Waals surface area contributed by atoms with Gasteiger partial charge in [0.1, 0.15) is 0 Å². The van der Waals surface area contributed by atoms with Crippen LogP contribution in [0.3, 0.4) is 0 Å². The van der Waals surface area contributed by atoms with Crippen LogP contribution in [0.1, 0.15) is 30.9 Å². The first-order valence-corrected chi connectivity index (χ1v) is 10.8. The van der Waals surface area contributed by atoms with Crippen LogP contribution in [0, 0.1) is 0 Å². The van der Waals surface area contributed by atoms with Crippen molar-refractivity contribution < 1.29 is 8.42 Å². The van der Waals surface area contributed by atoms with Gasteiger partial charge in [-0.15, -0.1) is 10.2 Å². The van der Waals surface area contributed by atoms with Crippen LogP contribution >= 0.6 is 0 Å². The Morgan fingerprint density at radius 3 is 2.18 bits per heavy atom. The SMILES string of the molecule is CC(C)c1ccccc1Nc1ccc(NS(=O)(=O)CCc2ccccc2)nn1. The van der Waals surface area contributed by atoms with Crippen LogP contribution in [0.15, 0.2) is 66.7 Å². The molecule has 0 fully saturated rings. The molecule has 0 aliphatic carbocycles. The number of aromatic nitrogens is 2. The van der Waals surface area contributed by atoms with Crippen molar-refractivity contribution >= 4 is 27.3 Å². The number of rotatable bonds is 8. The molecule has 0 atom stereocenters. The molecule has 0 bridgehead atoms. The van der Waals surface area contributed by atoms with E-state index in [9.17, 15) is 8.42 Å². The Kier molecular flexibility index (Phi) is 6.26. The average molecular weight is 397 g/mol. The largest absolute Gasteiger partial charge is 0.338 e. The van der Waals surface area contributed by atoms with E-state index in [1.165, 1.54) is 5.56 Å². The van der Waals surface area contributed by atoms with Crippen LogP contribution in [0.25, 0.3) is 0 Å². The Bertz CT molecular complexity index is 1000. The highest BCUT2D eigenvalue weighted by molar-refractivity contribution is 7.92. The number of benzene rings is 2. The number of anilines is 3. The van der Waals surface area contributed by atoms with Gasteiger partial charge in [-0.05, 0) is 41.7 Å². The zero-order valence-electron chi connectivity index (χ0n) is 16.0. The predicted molar refractivity (Wildman–Crippen MR) is 113 cm³/mol. The lowest BCUT2D eigenvalue weighted by Crippen LogP contribution is -2.19. The summed E-state index contributed by atoms with van der Waals surface area (Å²) in [5.74, 6) is 1.11. The third-order valence-corrected chi connectivity index (χ3v) is 5.53. The number of para-hydroxylation sites is 1. The van der Waals surface area contributed by atoms with Crippen molar-refractivity contribution in [3.63, 3.8) is 0 Å². The number of hydrogen-bond donors (Lipinski definition) is 2. The van der Waals surface area contributed by atoms with Crippen LogP contribution in [-0.4, -0.2) is 24.4 Å². The van der Waals surface area contributed by atoms with Crippen molar-refractivity contribution in [2.75, 3.05) is 15.8 Å². The Hall–Kier alpha value is -2.93. The quantitative estimate of drug-likeness (QED) is 0.592. The predicted octanol–water partition coefficient (Wildman–Crippen LogP) is 4.33. The molecule has 0 spiro atoms. The lowest BCUT2D eigenvalue weighted by molar-refractivity contribution is 0.600. The summed E-state index contributed by atoms with van der Waals surface area (Å²) in [5.41, 5.74) is 3.11. The highest BCUT2D eigenvalue weighted by Gasteiger charge is 2.12. The minimum absolute atomic E-state index is 0.0134. The summed E-state index contributed by atoms with van der Waals surface area (Å²) >= 11 is 0. The van der Waals surface area contributed by atoms with Gasteiger partial charge in [-0.25, -0.2) is 8.42 Å². The van der Waals surface area contributed by atoms with Gasteiger partial charge < -0.3 is 5.32 Å². The first kappa shape index (κ1) is 19.8. The summed E-state index contributed by atoms with van der Waals surface area (Å²) in [4.78, 5) is 0. The number of nitrogens with one attached hydrogen (secondary N) is 2. The average Bonchev–Trinajstić information content (AvgIpc) is 2.69. The second-order valence-electron chi connectivity index (χ2n) is 6.83. The second kappa shape index (κ2) is 8.84.